The molecule has 1 aromatic carbocycles. The van der Waals surface area contributed by atoms with Gasteiger partial charge < -0.3 is 10.2 Å². The zero-order valence-electron chi connectivity index (χ0n) is 11.4. The molecule has 0 aliphatic rings. The van der Waals surface area contributed by atoms with Crippen LogP contribution in [0.4, 0.5) is 0 Å². The van der Waals surface area contributed by atoms with Crippen molar-refractivity contribution in [2.45, 2.75) is 12.5 Å². The van der Waals surface area contributed by atoms with Gasteiger partial charge in [-0.15, -0.1) is 11.3 Å². The van der Waals surface area contributed by atoms with E-state index in [1.165, 1.54) is 4.88 Å². The summed E-state index contributed by atoms with van der Waals surface area (Å²) in [5.41, 5.74) is 3.72. The third kappa shape index (κ3) is 4.64. The number of aliphatic hydroxyl groups is 2. The first-order valence-electron chi connectivity index (χ1n) is 6.52. The molecule has 5 nitrogen and oxygen atoms in total. The van der Waals surface area contributed by atoms with Crippen LogP contribution in [0.15, 0.2) is 41.8 Å². The van der Waals surface area contributed by atoms with E-state index < -0.39 is 12.7 Å². The van der Waals surface area contributed by atoms with Gasteiger partial charge in [0, 0.05) is 16.9 Å². The molecule has 21 heavy (non-hydrogen) atoms. The van der Waals surface area contributed by atoms with Crippen LogP contribution in [0.5, 0.6) is 0 Å². The predicted molar refractivity (Wildman–Crippen MR) is 80.1 cm³/mol. The number of thiophene rings is 1. The quantitative estimate of drug-likeness (QED) is 0.675. The highest BCUT2D eigenvalue weighted by Gasteiger charge is 2.12. The van der Waals surface area contributed by atoms with Crippen molar-refractivity contribution in [1.29, 1.82) is 0 Å². The molecule has 0 fully saturated rings. The molecule has 0 unspecified atom stereocenters. The number of benzene rings is 1. The largest absolute Gasteiger partial charge is 0.394 e. The number of hydrogen-bond donors (Lipinski definition) is 3. The van der Waals surface area contributed by atoms with Crippen molar-refractivity contribution in [2.24, 2.45) is 0 Å². The van der Waals surface area contributed by atoms with E-state index in [-0.39, 0.29) is 12.5 Å². The van der Waals surface area contributed by atoms with Gasteiger partial charge in [0.2, 0.25) is 0 Å². The van der Waals surface area contributed by atoms with Gasteiger partial charge in [0.1, 0.15) is 12.7 Å². The second-order valence-electron chi connectivity index (χ2n) is 4.49. The molecule has 0 radical (unpaired) electrons. The molecule has 1 heterocycles. The molecule has 3 N–H and O–H groups in total. The Morgan fingerprint density at radius 1 is 1.29 bits per heavy atom. The van der Waals surface area contributed by atoms with Crippen LogP contribution in [0.2, 0.25) is 0 Å². The number of hydroxylamine groups is 1. The summed E-state index contributed by atoms with van der Waals surface area (Å²) in [4.78, 5) is 18.1. The van der Waals surface area contributed by atoms with Gasteiger partial charge >= 0.3 is 0 Å². The lowest BCUT2D eigenvalue weighted by Crippen LogP contribution is -2.30. The summed E-state index contributed by atoms with van der Waals surface area (Å²) >= 11 is 1.64. The number of carbonyl (C=O) groups is 1. The van der Waals surface area contributed by atoms with E-state index >= 15 is 0 Å². The average molecular weight is 307 g/mol. The van der Waals surface area contributed by atoms with Crippen molar-refractivity contribution >= 4 is 17.2 Å². The van der Waals surface area contributed by atoms with Crippen LogP contribution >= 0.6 is 11.3 Å². The fourth-order valence-electron chi connectivity index (χ4n) is 1.81. The lowest BCUT2D eigenvalue weighted by atomic mass is 10.0. The van der Waals surface area contributed by atoms with Crippen molar-refractivity contribution in [3.05, 3.63) is 57.8 Å². The van der Waals surface area contributed by atoms with Crippen LogP contribution in [-0.4, -0.2) is 35.4 Å². The van der Waals surface area contributed by atoms with Crippen LogP contribution in [0.1, 0.15) is 20.8 Å². The minimum Gasteiger partial charge on any atom is -0.394 e. The van der Waals surface area contributed by atoms with E-state index in [2.05, 4.69) is 5.48 Å². The van der Waals surface area contributed by atoms with E-state index in [9.17, 15) is 4.79 Å². The average Bonchev–Trinajstić information content (AvgIpc) is 3.00. The van der Waals surface area contributed by atoms with Crippen LogP contribution < -0.4 is 5.48 Å². The van der Waals surface area contributed by atoms with Gasteiger partial charge in [-0.25, -0.2) is 5.48 Å². The lowest BCUT2D eigenvalue weighted by Gasteiger charge is -2.11. The molecule has 0 saturated heterocycles. The number of hydrogen-bond acceptors (Lipinski definition) is 5. The van der Waals surface area contributed by atoms with Gasteiger partial charge in [-0.3, -0.25) is 9.63 Å². The van der Waals surface area contributed by atoms with Gasteiger partial charge in [0.25, 0.3) is 5.91 Å². The fourth-order valence-corrected chi connectivity index (χ4v) is 2.54. The van der Waals surface area contributed by atoms with Crippen molar-refractivity contribution in [3.63, 3.8) is 0 Å². The third-order valence-corrected chi connectivity index (χ3v) is 3.73. The van der Waals surface area contributed by atoms with Gasteiger partial charge in [0.15, 0.2) is 0 Å². The topological polar surface area (TPSA) is 78.8 Å². The van der Waals surface area contributed by atoms with E-state index in [4.69, 9.17) is 15.1 Å². The Hall–Kier alpha value is -1.73. The molecule has 1 atom stereocenters. The maximum atomic E-state index is 12.1. The third-order valence-electron chi connectivity index (χ3n) is 2.86. The summed E-state index contributed by atoms with van der Waals surface area (Å²) < 4.78 is 0. The van der Waals surface area contributed by atoms with Gasteiger partial charge in [0.05, 0.1) is 6.61 Å². The first kappa shape index (κ1) is 15.7. The first-order chi connectivity index (χ1) is 10.2. The maximum Gasteiger partial charge on any atom is 0.275 e. The number of aliphatic hydroxyl groups excluding tert-OH is 2. The summed E-state index contributed by atoms with van der Waals surface area (Å²) in [6, 6.07) is 11.3. The molecule has 6 heteroatoms. The van der Waals surface area contributed by atoms with E-state index in [1.807, 2.05) is 29.6 Å². The zero-order chi connectivity index (χ0) is 15.1. The number of amides is 1. The SMILES string of the molecule is O=C(NOC[C@H](O)CO)c1ccccc1Cc1cccs1. The molecule has 0 bridgehead atoms. The Kier molecular flexibility index (Phi) is 5.89. The van der Waals surface area contributed by atoms with Crippen LogP contribution in [0.3, 0.4) is 0 Å². The Morgan fingerprint density at radius 3 is 2.81 bits per heavy atom. The zero-order valence-corrected chi connectivity index (χ0v) is 12.2. The molecular weight excluding hydrogens is 290 g/mol. The molecular formula is C15H17NO4S. The maximum absolute atomic E-state index is 12.1. The molecule has 0 aliphatic carbocycles. The van der Waals surface area contributed by atoms with Gasteiger partial charge in [-0.2, -0.15) is 0 Å². The summed E-state index contributed by atoms with van der Waals surface area (Å²) in [5.74, 6) is -0.368. The minimum atomic E-state index is -1.01. The minimum absolute atomic E-state index is 0.157. The van der Waals surface area contributed by atoms with E-state index in [0.29, 0.717) is 12.0 Å². The predicted octanol–water partition coefficient (Wildman–Crippen LogP) is 1.35. The molecule has 0 spiro atoms. The highest BCUT2D eigenvalue weighted by Crippen LogP contribution is 2.18. The summed E-state index contributed by atoms with van der Waals surface area (Å²) in [7, 11) is 0. The van der Waals surface area contributed by atoms with E-state index in [1.54, 1.807) is 23.5 Å². The molecule has 1 aromatic heterocycles. The van der Waals surface area contributed by atoms with Gasteiger partial charge in [-0.05, 0) is 23.1 Å². The molecule has 2 aromatic rings. The van der Waals surface area contributed by atoms with Crippen LogP contribution in [0.25, 0.3) is 0 Å². The summed E-state index contributed by atoms with van der Waals surface area (Å²) in [6.07, 6.45) is -0.327. The lowest BCUT2D eigenvalue weighted by molar-refractivity contribution is -0.0295. The molecule has 112 valence electrons. The van der Waals surface area contributed by atoms with Crippen molar-refractivity contribution in [2.75, 3.05) is 13.2 Å². The second-order valence-corrected chi connectivity index (χ2v) is 5.52. The van der Waals surface area contributed by atoms with Crippen molar-refractivity contribution in [1.82, 2.24) is 5.48 Å². The molecule has 0 saturated carbocycles. The number of nitrogens with one attached hydrogen (secondary N) is 1. The van der Waals surface area contributed by atoms with Crippen LogP contribution in [-0.2, 0) is 11.3 Å². The Labute approximate surface area is 126 Å². The monoisotopic (exact) mass is 307 g/mol. The highest BCUT2D eigenvalue weighted by molar-refractivity contribution is 7.09. The molecule has 1 amide bonds. The van der Waals surface area contributed by atoms with Crippen LogP contribution in [0, 0.1) is 0 Å². The normalized spacial score (nSPS) is 12.1. The smallest absolute Gasteiger partial charge is 0.275 e. The summed E-state index contributed by atoms with van der Waals surface area (Å²) in [6.45, 7) is -0.569. The molecule has 0 aliphatic heterocycles. The Bertz CT molecular complexity index is 571. The van der Waals surface area contributed by atoms with Crippen molar-refractivity contribution in [3.8, 4) is 0 Å². The second kappa shape index (κ2) is 7.90. The fraction of sp³-hybridized carbons (Fsp3) is 0.267. The summed E-state index contributed by atoms with van der Waals surface area (Å²) in [5, 5.41) is 19.8. The first-order valence-corrected chi connectivity index (χ1v) is 7.40. The van der Waals surface area contributed by atoms with E-state index in [0.717, 1.165) is 5.56 Å². The number of carbonyl (C=O) groups excluding carboxylic acids is 1. The standard InChI is InChI=1S/C15H17NO4S/c17-9-12(18)10-20-16-15(19)14-6-2-1-4-11(14)8-13-5-3-7-21-13/h1-7,12,17-18H,8-10H2,(H,16,19)/t12-/m1/s1. The number of rotatable bonds is 7. The Balaban J connectivity index is 2.00. The Morgan fingerprint density at radius 2 is 2.10 bits per heavy atom. The van der Waals surface area contributed by atoms with Crippen molar-refractivity contribution < 1.29 is 19.8 Å². The highest BCUT2D eigenvalue weighted by atomic mass is 32.1. The molecule has 2 rings (SSSR count). The van der Waals surface area contributed by atoms with Gasteiger partial charge in [-0.1, -0.05) is 24.3 Å².